The van der Waals surface area contributed by atoms with E-state index in [0.29, 0.717) is 0 Å². The SMILES string of the molecule is C[Si](C)(C)C=[C-]c1ccccc1.[Br-].[Mg+2]. The van der Waals surface area contributed by atoms with Gasteiger partial charge in [-0.05, 0) is 0 Å². The van der Waals surface area contributed by atoms with Crippen LogP contribution in [0.4, 0.5) is 0 Å². The molecular formula is C11H15BrMgSi. The van der Waals surface area contributed by atoms with Crippen molar-refractivity contribution < 1.29 is 17.0 Å². The zero-order chi connectivity index (χ0) is 9.03. The van der Waals surface area contributed by atoms with Crippen LogP contribution in [0.25, 0.3) is 0 Å². The molecule has 0 aliphatic heterocycles. The first-order valence-corrected chi connectivity index (χ1v) is 7.82. The van der Waals surface area contributed by atoms with Crippen molar-refractivity contribution in [1.29, 1.82) is 0 Å². The molecule has 0 amide bonds. The van der Waals surface area contributed by atoms with Crippen molar-refractivity contribution in [1.82, 2.24) is 0 Å². The second kappa shape index (κ2) is 7.68. The van der Waals surface area contributed by atoms with Crippen LogP contribution in [0.3, 0.4) is 0 Å². The fourth-order valence-corrected chi connectivity index (χ4v) is 1.43. The van der Waals surface area contributed by atoms with Crippen molar-refractivity contribution in [2.75, 3.05) is 0 Å². The number of hydrogen-bond donors (Lipinski definition) is 0. The summed E-state index contributed by atoms with van der Waals surface area (Å²) >= 11 is 0. The molecular weight excluding hydrogens is 264 g/mol. The van der Waals surface area contributed by atoms with Crippen LogP contribution >= 0.6 is 0 Å². The molecule has 0 aliphatic rings. The monoisotopic (exact) mass is 278 g/mol. The van der Waals surface area contributed by atoms with Gasteiger partial charge in [-0.1, -0.05) is 25.7 Å². The molecule has 1 aromatic rings. The number of rotatable bonds is 2. The molecule has 0 bridgehead atoms. The second-order valence-corrected chi connectivity index (χ2v) is 9.04. The molecule has 72 valence electrons. The van der Waals surface area contributed by atoms with Crippen molar-refractivity contribution in [3.63, 3.8) is 0 Å². The Bertz CT molecular complexity index is 264. The summed E-state index contributed by atoms with van der Waals surface area (Å²) in [4.78, 5) is 0. The minimum atomic E-state index is -1.08. The first kappa shape index (κ1) is 16.8. The van der Waals surface area contributed by atoms with Gasteiger partial charge < -0.3 is 17.0 Å². The minimum Gasteiger partial charge on any atom is -1.00 e. The molecule has 0 spiro atoms. The Morgan fingerprint density at radius 3 is 2.00 bits per heavy atom. The summed E-state index contributed by atoms with van der Waals surface area (Å²) in [5.74, 6) is 0. The van der Waals surface area contributed by atoms with Gasteiger partial charge in [-0.2, -0.15) is 29.5 Å². The summed E-state index contributed by atoms with van der Waals surface area (Å²) in [6.07, 6.45) is 3.32. The van der Waals surface area contributed by atoms with Crippen LogP contribution in [-0.2, 0) is 0 Å². The van der Waals surface area contributed by atoms with E-state index in [-0.39, 0.29) is 40.0 Å². The third-order valence-corrected chi connectivity index (χ3v) is 2.46. The first-order chi connectivity index (χ1) is 5.58. The van der Waals surface area contributed by atoms with Crippen LogP contribution < -0.4 is 17.0 Å². The smallest absolute Gasteiger partial charge is 1.00 e. The normalized spacial score (nSPS) is 10.5. The van der Waals surface area contributed by atoms with E-state index in [2.05, 4.69) is 43.5 Å². The zero-order valence-corrected chi connectivity index (χ0v) is 13.0. The standard InChI is InChI=1S/C11H15Si.BrH.Mg/c1-12(2,3)10-9-11-7-5-4-6-8-11;;/h4-8,10H,1-3H3;1H;/q-1;;+2/p-1. The van der Waals surface area contributed by atoms with Gasteiger partial charge in [-0.25, -0.2) is 0 Å². The molecule has 0 radical (unpaired) electrons. The minimum absolute atomic E-state index is 0. The van der Waals surface area contributed by atoms with E-state index in [9.17, 15) is 0 Å². The van der Waals surface area contributed by atoms with Crippen LogP contribution in [0.5, 0.6) is 0 Å². The fraction of sp³-hybridized carbons (Fsp3) is 0.273. The largest absolute Gasteiger partial charge is 2.00 e. The van der Waals surface area contributed by atoms with E-state index in [1.54, 1.807) is 0 Å². The van der Waals surface area contributed by atoms with E-state index in [4.69, 9.17) is 0 Å². The molecule has 0 N–H and O–H groups in total. The molecule has 0 nitrogen and oxygen atoms in total. The summed E-state index contributed by atoms with van der Waals surface area (Å²) in [5.41, 5.74) is 3.42. The summed E-state index contributed by atoms with van der Waals surface area (Å²) in [5, 5.41) is 0. The van der Waals surface area contributed by atoms with Gasteiger partial charge in [0, 0.05) is 0 Å². The van der Waals surface area contributed by atoms with Crippen molar-refractivity contribution in [3.8, 4) is 0 Å². The molecule has 0 unspecified atom stereocenters. The molecule has 0 fully saturated rings. The maximum Gasteiger partial charge on any atom is 2.00 e. The molecule has 0 saturated heterocycles. The van der Waals surface area contributed by atoms with E-state index < -0.39 is 8.07 Å². The van der Waals surface area contributed by atoms with Crippen LogP contribution in [0.15, 0.2) is 36.0 Å². The van der Waals surface area contributed by atoms with Gasteiger partial charge in [0.2, 0.25) is 0 Å². The average Bonchev–Trinajstić information content (AvgIpc) is 2.02. The molecule has 3 heteroatoms. The predicted molar refractivity (Wildman–Crippen MR) is 62.5 cm³/mol. The Morgan fingerprint density at radius 1 is 1.07 bits per heavy atom. The van der Waals surface area contributed by atoms with Crippen molar-refractivity contribution in [2.45, 2.75) is 19.6 Å². The molecule has 1 aromatic carbocycles. The molecule has 0 aromatic heterocycles. The molecule has 0 heterocycles. The fourth-order valence-electron chi connectivity index (χ4n) is 0.834. The third-order valence-electron chi connectivity index (χ3n) is 1.45. The summed E-state index contributed by atoms with van der Waals surface area (Å²) in [6.45, 7) is 6.93. The summed E-state index contributed by atoms with van der Waals surface area (Å²) in [7, 11) is -1.08. The van der Waals surface area contributed by atoms with Crippen LogP contribution in [-0.4, -0.2) is 31.1 Å². The summed E-state index contributed by atoms with van der Waals surface area (Å²) < 4.78 is 0. The Labute approximate surface area is 115 Å². The van der Waals surface area contributed by atoms with Crippen LogP contribution in [0.1, 0.15) is 5.56 Å². The van der Waals surface area contributed by atoms with E-state index in [1.165, 1.54) is 5.56 Å². The maximum absolute atomic E-state index is 3.32. The number of hydrogen-bond acceptors (Lipinski definition) is 0. The van der Waals surface area contributed by atoms with Gasteiger partial charge in [0.1, 0.15) is 0 Å². The van der Waals surface area contributed by atoms with E-state index in [1.807, 2.05) is 18.2 Å². The van der Waals surface area contributed by atoms with Gasteiger partial charge in [-0.3, -0.25) is 0 Å². The Balaban J connectivity index is 0. The van der Waals surface area contributed by atoms with Gasteiger partial charge in [0.05, 0.1) is 8.07 Å². The molecule has 0 saturated carbocycles. The van der Waals surface area contributed by atoms with Crippen molar-refractivity contribution >= 4 is 31.1 Å². The van der Waals surface area contributed by atoms with E-state index >= 15 is 0 Å². The molecule has 14 heavy (non-hydrogen) atoms. The Morgan fingerprint density at radius 2 is 1.57 bits per heavy atom. The van der Waals surface area contributed by atoms with Gasteiger partial charge >= 0.3 is 23.1 Å². The topological polar surface area (TPSA) is 0 Å². The molecule has 0 aliphatic carbocycles. The quantitative estimate of drug-likeness (QED) is 0.524. The first-order valence-electron chi connectivity index (χ1n) is 4.24. The predicted octanol–water partition coefficient (Wildman–Crippen LogP) is -0.105. The van der Waals surface area contributed by atoms with Crippen molar-refractivity contribution in [3.05, 3.63) is 47.7 Å². The van der Waals surface area contributed by atoms with Gasteiger partial charge in [0.15, 0.2) is 0 Å². The average molecular weight is 280 g/mol. The number of benzene rings is 1. The third kappa shape index (κ3) is 7.79. The second-order valence-electron chi connectivity index (χ2n) is 4.02. The zero-order valence-electron chi connectivity index (χ0n) is 9.05. The maximum atomic E-state index is 3.32. The Kier molecular flexibility index (Phi) is 9.24. The number of halogens is 1. The van der Waals surface area contributed by atoms with Crippen LogP contribution in [0, 0.1) is 6.08 Å². The van der Waals surface area contributed by atoms with Crippen LogP contribution in [0.2, 0.25) is 19.6 Å². The summed E-state index contributed by atoms with van der Waals surface area (Å²) in [6, 6.07) is 10.3. The molecule has 0 atom stereocenters. The van der Waals surface area contributed by atoms with Gasteiger partial charge in [0.25, 0.3) is 0 Å². The van der Waals surface area contributed by atoms with Gasteiger partial charge in [-0.15, -0.1) is 12.1 Å². The van der Waals surface area contributed by atoms with E-state index in [0.717, 1.165) is 0 Å². The van der Waals surface area contributed by atoms with Crippen molar-refractivity contribution in [2.24, 2.45) is 0 Å². The molecule has 1 rings (SSSR count). The Hall–Kier alpha value is 0.423.